The molecule has 180 valence electrons. The molecule has 0 bridgehead atoms. The summed E-state index contributed by atoms with van der Waals surface area (Å²) in [6.07, 6.45) is 0. The predicted octanol–water partition coefficient (Wildman–Crippen LogP) is 3.39. The first-order chi connectivity index (χ1) is 17.1. The number of thiazole rings is 1. The third kappa shape index (κ3) is 4.89. The average molecular weight is 492 g/mol. The number of anilines is 2. The van der Waals surface area contributed by atoms with E-state index in [9.17, 15) is 9.59 Å². The van der Waals surface area contributed by atoms with E-state index in [1.54, 1.807) is 12.1 Å². The molecule has 1 saturated heterocycles. The molecule has 0 radical (unpaired) electrons. The molecule has 1 N–H and O–H groups in total. The minimum atomic E-state index is -0.498. The van der Waals surface area contributed by atoms with E-state index in [-0.39, 0.29) is 12.5 Å². The van der Waals surface area contributed by atoms with E-state index in [0.717, 1.165) is 10.7 Å². The third-order valence-electron chi connectivity index (χ3n) is 5.60. The fourth-order valence-electron chi connectivity index (χ4n) is 3.95. The van der Waals surface area contributed by atoms with Gasteiger partial charge in [-0.15, -0.1) is 0 Å². The van der Waals surface area contributed by atoms with Gasteiger partial charge in [-0.05, 0) is 19.1 Å². The SMILES string of the molecule is CCOc1ccccc1NC(=O)Cn1c(=O)nc(-c2ccccc2)c2nc(N3CCOCC3)sc21. The Kier molecular flexibility index (Phi) is 6.73. The van der Waals surface area contributed by atoms with Gasteiger partial charge in [-0.1, -0.05) is 53.8 Å². The fourth-order valence-corrected chi connectivity index (χ4v) is 5.06. The van der Waals surface area contributed by atoms with Crippen molar-refractivity contribution in [2.75, 3.05) is 43.1 Å². The maximum absolute atomic E-state index is 13.2. The van der Waals surface area contributed by atoms with Gasteiger partial charge in [-0.2, -0.15) is 4.98 Å². The highest BCUT2D eigenvalue weighted by molar-refractivity contribution is 7.22. The lowest BCUT2D eigenvalue weighted by atomic mass is 10.1. The van der Waals surface area contributed by atoms with E-state index in [4.69, 9.17) is 14.5 Å². The van der Waals surface area contributed by atoms with Crippen molar-refractivity contribution in [1.29, 1.82) is 0 Å². The second-order valence-corrected chi connectivity index (χ2v) is 8.88. The molecule has 35 heavy (non-hydrogen) atoms. The van der Waals surface area contributed by atoms with Crippen LogP contribution in [0.2, 0.25) is 0 Å². The summed E-state index contributed by atoms with van der Waals surface area (Å²) in [5.74, 6) is 0.224. The lowest BCUT2D eigenvalue weighted by Crippen LogP contribution is -2.36. The summed E-state index contributed by atoms with van der Waals surface area (Å²) in [6, 6.07) is 16.7. The molecule has 9 nitrogen and oxygen atoms in total. The van der Waals surface area contributed by atoms with Crippen LogP contribution in [0.5, 0.6) is 5.75 Å². The van der Waals surface area contributed by atoms with E-state index >= 15 is 0 Å². The molecule has 10 heteroatoms. The summed E-state index contributed by atoms with van der Waals surface area (Å²) in [7, 11) is 0. The van der Waals surface area contributed by atoms with E-state index in [2.05, 4.69) is 15.2 Å². The van der Waals surface area contributed by atoms with E-state index in [1.165, 1.54) is 15.9 Å². The van der Waals surface area contributed by atoms with Crippen LogP contribution in [0.15, 0.2) is 59.4 Å². The topological polar surface area (TPSA) is 98.6 Å². The standard InChI is InChI=1S/C25H25N5O4S/c1-2-34-19-11-7-6-10-18(19)26-20(31)16-30-23-22(28-25(35-23)29-12-14-33-15-13-29)21(27-24(30)32)17-8-4-3-5-9-17/h3-11H,2,12-16H2,1H3,(H,26,31). The Bertz CT molecular complexity index is 1400. The van der Waals surface area contributed by atoms with Crippen LogP contribution in [0.4, 0.5) is 10.8 Å². The Hall–Kier alpha value is -3.76. The molecule has 1 aliphatic heterocycles. The zero-order valence-corrected chi connectivity index (χ0v) is 20.1. The number of ether oxygens (including phenoxy) is 2. The predicted molar refractivity (Wildman–Crippen MR) is 136 cm³/mol. The molecule has 0 aliphatic carbocycles. The molecule has 1 fully saturated rings. The van der Waals surface area contributed by atoms with Gasteiger partial charge in [0.2, 0.25) is 5.91 Å². The van der Waals surface area contributed by atoms with Crippen molar-refractivity contribution < 1.29 is 14.3 Å². The number of aromatic nitrogens is 3. The van der Waals surface area contributed by atoms with Gasteiger partial charge in [0.1, 0.15) is 28.3 Å². The molecule has 2 aromatic carbocycles. The molecular weight excluding hydrogens is 466 g/mol. The number of hydrogen-bond donors (Lipinski definition) is 1. The lowest BCUT2D eigenvalue weighted by molar-refractivity contribution is -0.116. The van der Waals surface area contributed by atoms with Gasteiger partial charge in [0, 0.05) is 18.7 Å². The highest BCUT2D eigenvalue weighted by atomic mass is 32.1. The first-order valence-electron chi connectivity index (χ1n) is 11.4. The summed E-state index contributed by atoms with van der Waals surface area (Å²) in [5, 5.41) is 3.64. The molecule has 0 unspecified atom stereocenters. The molecule has 0 atom stereocenters. The molecular formula is C25H25N5O4S. The molecule has 1 aliphatic rings. The summed E-state index contributed by atoms with van der Waals surface area (Å²) in [4.78, 5) is 38.1. The van der Waals surface area contributed by atoms with Crippen LogP contribution in [-0.4, -0.2) is 53.4 Å². The first kappa shape index (κ1) is 23.0. The molecule has 4 aromatic rings. The molecule has 1 amide bonds. The van der Waals surface area contributed by atoms with E-state index in [1.807, 2.05) is 49.4 Å². The van der Waals surface area contributed by atoms with Crippen molar-refractivity contribution in [3.05, 3.63) is 65.1 Å². The van der Waals surface area contributed by atoms with Gasteiger partial charge < -0.3 is 19.7 Å². The molecule has 5 rings (SSSR count). The van der Waals surface area contributed by atoms with Gasteiger partial charge in [-0.25, -0.2) is 9.78 Å². The number of nitrogens with one attached hydrogen (secondary N) is 1. The minimum absolute atomic E-state index is 0.192. The summed E-state index contributed by atoms with van der Waals surface area (Å²) in [5.41, 5.74) is 1.97. The summed E-state index contributed by atoms with van der Waals surface area (Å²) >= 11 is 1.39. The van der Waals surface area contributed by atoms with Crippen molar-refractivity contribution in [3.63, 3.8) is 0 Å². The van der Waals surface area contributed by atoms with Crippen molar-refractivity contribution in [2.24, 2.45) is 0 Å². The second kappa shape index (κ2) is 10.2. The summed E-state index contributed by atoms with van der Waals surface area (Å²) < 4.78 is 12.5. The van der Waals surface area contributed by atoms with Gasteiger partial charge in [0.05, 0.1) is 25.5 Å². The van der Waals surface area contributed by atoms with Crippen LogP contribution in [-0.2, 0) is 16.1 Å². The number of para-hydroxylation sites is 2. The Morgan fingerprint density at radius 3 is 2.60 bits per heavy atom. The maximum Gasteiger partial charge on any atom is 0.349 e. The quantitative estimate of drug-likeness (QED) is 0.423. The smallest absolute Gasteiger partial charge is 0.349 e. The fraction of sp³-hybridized carbons (Fsp3) is 0.280. The van der Waals surface area contributed by atoms with Crippen LogP contribution in [0.1, 0.15) is 6.92 Å². The van der Waals surface area contributed by atoms with Crippen LogP contribution >= 0.6 is 11.3 Å². The van der Waals surface area contributed by atoms with Crippen LogP contribution in [0.3, 0.4) is 0 Å². The zero-order chi connectivity index (χ0) is 24.2. The van der Waals surface area contributed by atoms with Crippen LogP contribution in [0.25, 0.3) is 21.6 Å². The highest BCUT2D eigenvalue weighted by Gasteiger charge is 2.22. The largest absolute Gasteiger partial charge is 0.492 e. The van der Waals surface area contributed by atoms with Gasteiger partial charge in [0.15, 0.2) is 5.13 Å². The van der Waals surface area contributed by atoms with Crippen molar-refractivity contribution in [2.45, 2.75) is 13.5 Å². The van der Waals surface area contributed by atoms with Gasteiger partial charge in [0.25, 0.3) is 0 Å². The number of nitrogens with zero attached hydrogens (tertiary/aromatic N) is 4. The number of benzene rings is 2. The molecule has 3 heterocycles. The van der Waals surface area contributed by atoms with E-state index < -0.39 is 5.69 Å². The number of morpholine rings is 1. The Labute approximate surface area is 206 Å². The van der Waals surface area contributed by atoms with Crippen molar-refractivity contribution >= 4 is 38.4 Å². The number of carbonyl (C=O) groups excluding carboxylic acids is 1. The maximum atomic E-state index is 13.2. The third-order valence-corrected chi connectivity index (χ3v) is 6.74. The Morgan fingerprint density at radius 1 is 1.09 bits per heavy atom. The highest BCUT2D eigenvalue weighted by Crippen LogP contribution is 2.33. The number of carbonyl (C=O) groups is 1. The normalized spacial score (nSPS) is 13.7. The first-order valence-corrected chi connectivity index (χ1v) is 12.3. The second-order valence-electron chi connectivity index (χ2n) is 7.92. The van der Waals surface area contributed by atoms with Gasteiger partial charge in [-0.3, -0.25) is 9.36 Å². The van der Waals surface area contributed by atoms with Gasteiger partial charge >= 0.3 is 5.69 Å². The minimum Gasteiger partial charge on any atom is -0.492 e. The van der Waals surface area contributed by atoms with Crippen LogP contribution in [0, 0.1) is 0 Å². The molecule has 2 aromatic heterocycles. The monoisotopic (exact) mass is 491 g/mol. The number of fused-ring (bicyclic) bond motifs is 1. The summed E-state index contributed by atoms with van der Waals surface area (Å²) in [6.45, 7) is 4.83. The van der Waals surface area contributed by atoms with Crippen molar-refractivity contribution in [3.8, 4) is 17.0 Å². The number of amides is 1. The zero-order valence-electron chi connectivity index (χ0n) is 19.3. The number of hydrogen-bond acceptors (Lipinski definition) is 8. The average Bonchev–Trinajstić information content (AvgIpc) is 3.33. The van der Waals surface area contributed by atoms with Crippen LogP contribution < -0.4 is 20.6 Å². The van der Waals surface area contributed by atoms with Crippen molar-refractivity contribution in [1.82, 2.24) is 14.5 Å². The Balaban J connectivity index is 1.54. The lowest BCUT2D eigenvalue weighted by Gasteiger charge is -2.25. The molecule has 0 saturated carbocycles. The molecule has 0 spiro atoms. The van der Waals surface area contributed by atoms with E-state index in [0.29, 0.717) is 60.4 Å². The Morgan fingerprint density at radius 2 is 1.83 bits per heavy atom. The number of rotatable bonds is 7.